The lowest BCUT2D eigenvalue weighted by molar-refractivity contribution is 0.280. The Morgan fingerprint density at radius 2 is 2.00 bits per heavy atom. The second kappa shape index (κ2) is 5.76. The molecule has 20 heavy (non-hydrogen) atoms. The van der Waals surface area contributed by atoms with E-state index in [9.17, 15) is 0 Å². The maximum absolute atomic E-state index is 4.94. The third-order valence-electron chi connectivity index (χ3n) is 5.27. The Morgan fingerprint density at radius 3 is 2.60 bits per heavy atom. The van der Waals surface area contributed by atoms with Crippen molar-refractivity contribution in [1.82, 2.24) is 10.3 Å². The summed E-state index contributed by atoms with van der Waals surface area (Å²) in [4.78, 5) is 6.33. The van der Waals surface area contributed by atoms with Gasteiger partial charge in [-0.3, -0.25) is 0 Å². The molecule has 1 N–H and O–H groups in total. The maximum atomic E-state index is 4.94. The molecule has 3 rings (SSSR count). The molecule has 112 valence electrons. The zero-order chi connectivity index (χ0) is 14.2. The molecule has 1 heterocycles. The van der Waals surface area contributed by atoms with E-state index < -0.39 is 0 Å². The molecule has 1 aromatic heterocycles. The lowest BCUT2D eigenvalue weighted by Gasteiger charge is -2.32. The first-order chi connectivity index (χ1) is 9.63. The molecule has 2 aliphatic rings. The number of hydrogen-bond donors (Lipinski definition) is 1. The molecule has 3 heteroatoms. The van der Waals surface area contributed by atoms with Gasteiger partial charge < -0.3 is 5.32 Å². The largest absolute Gasteiger partial charge is 0.303 e. The summed E-state index contributed by atoms with van der Waals surface area (Å²) in [5.74, 6) is 0.931. The van der Waals surface area contributed by atoms with Crippen LogP contribution in [0.2, 0.25) is 0 Å². The normalized spacial score (nSPS) is 31.2. The van der Waals surface area contributed by atoms with Crippen molar-refractivity contribution in [2.24, 2.45) is 5.92 Å². The highest BCUT2D eigenvalue weighted by Gasteiger charge is 2.41. The van der Waals surface area contributed by atoms with Crippen LogP contribution in [0.5, 0.6) is 0 Å². The quantitative estimate of drug-likeness (QED) is 0.814. The monoisotopic (exact) mass is 292 g/mol. The summed E-state index contributed by atoms with van der Waals surface area (Å²) in [7, 11) is 0. The Kier molecular flexibility index (Phi) is 4.19. The molecule has 0 saturated heterocycles. The van der Waals surface area contributed by atoms with Crippen molar-refractivity contribution < 1.29 is 0 Å². The van der Waals surface area contributed by atoms with Crippen molar-refractivity contribution >= 4 is 11.3 Å². The fourth-order valence-corrected chi connectivity index (χ4v) is 4.66. The summed E-state index contributed by atoms with van der Waals surface area (Å²) in [6.45, 7) is 6.72. The predicted octanol–water partition coefficient (Wildman–Crippen LogP) is 4.70. The van der Waals surface area contributed by atoms with Crippen LogP contribution in [0.15, 0.2) is 0 Å². The fraction of sp³-hybridized carbons (Fsp3) is 0.824. The van der Waals surface area contributed by atoms with Crippen LogP contribution in [0.1, 0.15) is 73.9 Å². The van der Waals surface area contributed by atoms with Crippen molar-refractivity contribution in [1.29, 1.82) is 0 Å². The van der Waals surface area contributed by atoms with Gasteiger partial charge in [0.1, 0.15) is 5.01 Å². The first-order valence-electron chi connectivity index (χ1n) is 8.35. The van der Waals surface area contributed by atoms with Crippen LogP contribution in [-0.4, -0.2) is 11.0 Å². The van der Waals surface area contributed by atoms with Crippen LogP contribution in [-0.2, 0) is 5.54 Å². The van der Waals surface area contributed by atoms with Gasteiger partial charge in [-0.1, -0.05) is 26.2 Å². The van der Waals surface area contributed by atoms with E-state index in [1.54, 1.807) is 0 Å². The Hall–Kier alpha value is -0.410. The van der Waals surface area contributed by atoms with Crippen molar-refractivity contribution in [3.8, 4) is 0 Å². The van der Waals surface area contributed by atoms with Gasteiger partial charge in [0, 0.05) is 10.9 Å². The Balaban J connectivity index is 1.87. The van der Waals surface area contributed by atoms with E-state index in [1.165, 1.54) is 66.9 Å². The molecule has 0 radical (unpaired) electrons. The summed E-state index contributed by atoms with van der Waals surface area (Å²) in [6.07, 6.45) is 10.8. The number of hydrogen-bond acceptors (Lipinski definition) is 3. The molecular formula is C17H28N2S. The molecule has 2 unspecified atom stereocenters. The fourth-order valence-electron chi connectivity index (χ4n) is 3.54. The second-order valence-corrected chi connectivity index (χ2v) is 8.07. The van der Waals surface area contributed by atoms with Gasteiger partial charge >= 0.3 is 0 Å². The highest BCUT2D eigenvalue weighted by atomic mass is 32.1. The summed E-state index contributed by atoms with van der Waals surface area (Å²) >= 11 is 1.93. The molecular weight excluding hydrogens is 264 g/mol. The van der Waals surface area contributed by atoms with Crippen molar-refractivity contribution in [3.63, 3.8) is 0 Å². The number of nitrogens with one attached hydrogen (secondary N) is 1. The van der Waals surface area contributed by atoms with Gasteiger partial charge in [0.15, 0.2) is 0 Å². The van der Waals surface area contributed by atoms with Crippen LogP contribution in [0.4, 0.5) is 0 Å². The zero-order valence-electron chi connectivity index (χ0n) is 13.2. The van der Waals surface area contributed by atoms with Gasteiger partial charge in [-0.15, -0.1) is 11.3 Å². The molecule has 2 atom stereocenters. The van der Waals surface area contributed by atoms with Crippen LogP contribution >= 0.6 is 11.3 Å². The van der Waals surface area contributed by atoms with E-state index in [0.717, 1.165) is 12.0 Å². The first kappa shape index (κ1) is 14.5. The Labute approximate surface area is 127 Å². The number of aromatic nitrogens is 1. The standard InChI is InChI=1S/C17H28N2S/c1-4-14-6-5-10-17(11-9-14,19-15-7-8-15)16-18-12(2)13(3)20-16/h14-15,19H,4-11H2,1-3H3. The highest BCUT2D eigenvalue weighted by Crippen LogP contribution is 2.42. The van der Waals surface area contributed by atoms with E-state index >= 15 is 0 Å². The minimum absolute atomic E-state index is 0.189. The first-order valence-corrected chi connectivity index (χ1v) is 9.17. The van der Waals surface area contributed by atoms with Crippen LogP contribution in [0, 0.1) is 19.8 Å². The van der Waals surface area contributed by atoms with Gasteiger partial charge in [0.2, 0.25) is 0 Å². The van der Waals surface area contributed by atoms with Gasteiger partial charge in [-0.2, -0.15) is 0 Å². The summed E-state index contributed by atoms with van der Waals surface area (Å²) in [6, 6.07) is 0.762. The van der Waals surface area contributed by atoms with Gasteiger partial charge in [-0.25, -0.2) is 4.98 Å². The predicted molar refractivity (Wildman–Crippen MR) is 86.3 cm³/mol. The molecule has 0 aromatic carbocycles. The van der Waals surface area contributed by atoms with Crippen LogP contribution < -0.4 is 5.32 Å². The van der Waals surface area contributed by atoms with E-state index in [-0.39, 0.29) is 5.54 Å². The summed E-state index contributed by atoms with van der Waals surface area (Å²) in [5.41, 5.74) is 1.42. The average molecular weight is 292 g/mol. The average Bonchev–Trinajstić information content (AvgIpc) is 3.21. The zero-order valence-corrected chi connectivity index (χ0v) is 14.0. The van der Waals surface area contributed by atoms with Gasteiger partial charge in [0.25, 0.3) is 0 Å². The van der Waals surface area contributed by atoms with Crippen LogP contribution in [0.25, 0.3) is 0 Å². The van der Waals surface area contributed by atoms with Gasteiger partial charge in [0.05, 0.1) is 11.2 Å². The Bertz CT molecular complexity index is 444. The molecule has 2 aliphatic carbocycles. The van der Waals surface area contributed by atoms with E-state index in [2.05, 4.69) is 26.1 Å². The lowest BCUT2D eigenvalue weighted by Crippen LogP contribution is -2.43. The second-order valence-electron chi connectivity index (χ2n) is 6.87. The number of nitrogens with zero attached hydrogens (tertiary/aromatic N) is 1. The molecule has 0 amide bonds. The van der Waals surface area contributed by atoms with E-state index in [0.29, 0.717) is 0 Å². The summed E-state index contributed by atoms with van der Waals surface area (Å²) in [5, 5.41) is 5.37. The van der Waals surface area contributed by atoms with Gasteiger partial charge in [-0.05, 0) is 51.9 Å². The number of thiazole rings is 1. The molecule has 2 nitrogen and oxygen atoms in total. The molecule has 2 fully saturated rings. The molecule has 1 aromatic rings. The maximum Gasteiger partial charge on any atom is 0.113 e. The highest BCUT2D eigenvalue weighted by molar-refractivity contribution is 7.11. The minimum Gasteiger partial charge on any atom is -0.303 e. The third kappa shape index (κ3) is 2.94. The Morgan fingerprint density at radius 1 is 1.20 bits per heavy atom. The molecule has 0 bridgehead atoms. The SMILES string of the molecule is CCC1CCCC(NC2CC2)(c2nc(C)c(C)s2)CC1. The summed E-state index contributed by atoms with van der Waals surface area (Å²) < 4.78 is 0. The van der Waals surface area contributed by atoms with Crippen molar-refractivity contribution in [3.05, 3.63) is 15.6 Å². The topological polar surface area (TPSA) is 24.9 Å². The lowest BCUT2D eigenvalue weighted by atomic mass is 9.89. The smallest absolute Gasteiger partial charge is 0.113 e. The van der Waals surface area contributed by atoms with Crippen molar-refractivity contribution in [2.75, 3.05) is 0 Å². The molecule has 0 spiro atoms. The van der Waals surface area contributed by atoms with Crippen molar-refractivity contribution in [2.45, 2.75) is 83.7 Å². The number of aryl methyl sites for hydroxylation is 2. The number of rotatable bonds is 4. The molecule has 0 aliphatic heterocycles. The minimum atomic E-state index is 0.189. The van der Waals surface area contributed by atoms with E-state index in [1.807, 2.05) is 11.3 Å². The molecule has 2 saturated carbocycles. The third-order valence-corrected chi connectivity index (χ3v) is 6.55. The van der Waals surface area contributed by atoms with Crippen LogP contribution in [0.3, 0.4) is 0 Å². The van der Waals surface area contributed by atoms with E-state index in [4.69, 9.17) is 4.98 Å².